The predicted molar refractivity (Wildman–Crippen MR) is 78.2 cm³/mol. The van der Waals surface area contributed by atoms with Crippen molar-refractivity contribution in [1.29, 1.82) is 0 Å². The fraction of sp³-hybridized carbons (Fsp3) is 0.867. The molecule has 2 nitrogen and oxygen atoms in total. The molecule has 0 saturated heterocycles. The summed E-state index contributed by atoms with van der Waals surface area (Å²) in [6.45, 7) is 11.6. The predicted octanol–water partition coefficient (Wildman–Crippen LogP) is 3.29. The normalized spacial score (nSPS) is 13.3. The summed E-state index contributed by atoms with van der Waals surface area (Å²) in [5.41, 5.74) is 5.66. The van der Waals surface area contributed by atoms with Crippen molar-refractivity contribution in [3.05, 3.63) is 12.7 Å². The van der Waals surface area contributed by atoms with E-state index in [0.717, 1.165) is 24.8 Å². The van der Waals surface area contributed by atoms with Gasteiger partial charge in [0.2, 0.25) is 0 Å². The summed E-state index contributed by atoms with van der Waals surface area (Å²) in [7, 11) is 2.22. The highest BCUT2D eigenvalue weighted by Crippen LogP contribution is 2.20. The lowest BCUT2D eigenvalue weighted by Crippen LogP contribution is -2.22. The van der Waals surface area contributed by atoms with E-state index in [1.165, 1.54) is 38.8 Å². The Hall–Kier alpha value is -0.340. The molecule has 2 heteroatoms. The summed E-state index contributed by atoms with van der Waals surface area (Å²) in [6, 6.07) is 0. The van der Waals surface area contributed by atoms with Gasteiger partial charge in [-0.05, 0) is 70.6 Å². The van der Waals surface area contributed by atoms with Gasteiger partial charge in [-0.15, -0.1) is 6.58 Å². The molecule has 2 N–H and O–H groups in total. The van der Waals surface area contributed by atoms with E-state index in [0.29, 0.717) is 0 Å². The van der Waals surface area contributed by atoms with Gasteiger partial charge < -0.3 is 10.6 Å². The average molecular weight is 240 g/mol. The van der Waals surface area contributed by atoms with E-state index >= 15 is 0 Å². The van der Waals surface area contributed by atoms with E-state index in [2.05, 4.69) is 32.4 Å². The molecule has 0 aromatic rings. The topological polar surface area (TPSA) is 29.3 Å². The molecule has 0 rings (SSSR count). The highest BCUT2D eigenvalue weighted by molar-refractivity contribution is 4.68. The lowest BCUT2D eigenvalue weighted by Gasteiger charge is -2.22. The molecule has 0 aliphatic carbocycles. The number of nitrogens with two attached hydrogens (primary N) is 1. The number of hydrogen-bond donors (Lipinski definition) is 1. The number of unbranched alkanes of at least 4 members (excludes halogenated alkanes) is 1. The van der Waals surface area contributed by atoms with E-state index < -0.39 is 0 Å². The highest BCUT2D eigenvalue weighted by Gasteiger charge is 2.12. The maximum atomic E-state index is 5.66. The quantitative estimate of drug-likeness (QED) is 0.443. The zero-order chi connectivity index (χ0) is 13.1. The van der Waals surface area contributed by atoms with Crippen molar-refractivity contribution < 1.29 is 0 Å². The Morgan fingerprint density at radius 3 is 2.35 bits per heavy atom. The van der Waals surface area contributed by atoms with Gasteiger partial charge in [-0.3, -0.25) is 0 Å². The van der Waals surface area contributed by atoms with Crippen LogP contribution in [0.25, 0.3) is 0 Å². The summed E-state index contributed by atoms with van der Waals surface area (Å²) < 4.78 is 0. The van der Waals surface area contributed by atoms with Crippen molar-refractivity contribution in [3.63, 3.8) is 0 Å². The Morgan fingerprint density at radius 1 is 1.18 bits per heavy atom. The molecule has 0 aromatic heterocycles. The molecule has 0 bridgehead atoms. The Balaban J connectivity index is 3.61. The molecular weight excluding hydrogens is 208 g/mol. The minimum absolute atomic E-state index is 0.768. The van der Waals surface area contributed by atoms with Crippen LogP contribution in [0, 0.1) is 11.8 Å². The van der Waals surface area contributed by atoms with Crippen LogP contribution < -0.4 is 5.73 Å². The Labute approximate surface area is 108 Å². The average Bonchev–Trinajstić information content (AvgIpc) is 2.28. The van der Waals surface area contributed by atoms with Gasteiger partial charge in [0.05, 0.1) is 0 Å². The van der Waals surface area contributed by atoms with Crippen LogP contribution in [-0.4, -0.2) is 31.6 Å². The van der Waals surface area contributed by atoms with Gasteiger partial charge in [-0.25, -0.2) is 0 Å². The van der Waals surface area contributed by atoms with Crippen LogP contribution in [0.15, 0.2) is 12.7 Å². The van der Waals surface area contributed by atoms with Crippen LogP contribution in [0.3, 0.4) is 0 Å². The summed E-state index contributed by atoms with van der Waals surface area (Å²) in [6.07, 6.45) is 8.17. The molecule has 0 radical (unpaired) electrons. The van der Waals surface area contributed by atoms with E-state index in [1.54, 1.807) is 0 Å². The summed E-state index contributed by atoms with van der Waals surface area (Å²) in [5, 5.41) is 0. The van der Waals surface area contributed by atoms with Crippen molar-refractivity contribution in [2.45, 2.75) is 46.0 Å². The lowest BCUT2D eigenvalue weighted by atomic mass is 9.88. The third kappa shape index (κ3) is 9.37. The second-order valence-corrected chi connectivity index (χ2v) is 5.46. The zero-order valence-corrected chi connectivity index (χ0v) is 12.1. The molecule has 0 amide bonds. The number of hydrogen-bond acceptors (Lipinski definition) is 2. The SMILES string of the molecule is C=CCCCN(C)CCCC(CCN)C(C)C. The largest absolute Gasteiger partial charge is 0.330 e. The van der Waals surface area contributed by atoms with Crippen molar-refractivity contribution >= 4 is 0 Å². The molecule has 102 valence electrons. The zero-order valence-electron chi connectivity index (χ0n) is 12.1. The minimum Gasteiger partial charge on any atom is -0.330 e. The smallest absolute Gasteiger partial charge is 0.00188 e. The minimum atomic E-state index is 0.768. The number of nitrogens with zero attached hydrogens (tertiary/aromatic N) is 1. The molecule has 0 aromatic carbocycles. The van der Waals surface area contributed by atoms with Gasteiger partial charge >= 0.3 is 0 Å². The van der Waals surface area contributed by atoms with E-state index in [9.17, 15) is 0 Å². The molecule has 17 heavy (non-hydrogen) atoms. The Morgan fingerprint density at radius 2 is 1.82 bits per heavy atom. The molecule has 0 aliphatic rings. The first kappa shape index (κ1) is 16.7. The van der Waals surface area contributed by atoms with Gasteiger partial charge in [0.1, 0.15) is 0 Å². The third-order valence-electron chi connectivity index (χ3n) is 3.54. The van der Waals surface area contributed by atoms with E-state index in [1.807, 2.05) is 6.08 Å². The van der Waals surface area contributed by atoms with Gasteiger partial charge in [-0.1, -0.05) is 19.9 Å². The molecule has 0 saturated carbocycles. The van der Waals surface area contributed by atoms with Crippen LogP contribution in [0.5, 0.6) is 0 Å². The van der Waals surface area contributed by atoms with Gasteiger partial charge in [-0.2, -0.15) is 0 Å². The van der Waals surface area contributed by atoms with Crippen LogP contribution in [0.1, 0.15) is 46.0 Å². The standard InChI is InChI=1S/C15H32N2/c1-5-6-7-12-17(4)13-8-9-15(10-11-16)14(2)3/h5,14-15H,1,6-13,16H2,2-4H3. The molecule has 1 unspecified atom stereocenters. The van der Waals surface area contributed by atoms with Crippen LogP contribution >= 0.6 is 0 Å². The Kier molecular flexibility index (Phi) is 10.6. The third-order valence-corrected chi connectivity index (χ3v) is 3.54. The van der Waals surface area contributed by atoms with Crippen LogP contribution in [0.4, 0.5) is 0 Å². The maximum absolute atomic E-state index is 5.66. The molecular formula is C15H32N2. The van der Waals surface area contributed by atoms with Crippen LogP contribution in [0.2, 0.25) is 0 Å². The van der Waals surface area contributed by atoms with Crippen molar-refractivity contribution in [2.24, 2.45) is 17.6 Å². The maximum Gasteiger partial charge on any atom is -0.00188 e. The fourth-order valence-corrected chi connectivity index (χ4v) is 2.27. The molecule has 0 fully saturated rings. The molecule has 0 aliphatic heterocycles. The summed E-state index contributed by atoms with van der Waals surface area (Å²) >= 11 is 0. The first-order valence-electron chi connectivity index (χ1n) is 7.11. The van der Waals surface area contributed by atoms with Crippen molar-refractivity contribution in [1.82, 2.24) is 4.90 Å². The fourth-order valence-electron chi connectivity index (χ4n) is 2.27. The summed E-state index contributed by atoms with van der Waals surface area (Å²) in [5.74, 6) is 1.58. The second-order valence-electron chi connectivity index (χ2n) is 5.46. The van der Waals surface area contributed by atoms with E-state index in [-0.39, 0.29) is 0 Å². The lowest BCUT2D eigenvalue weighted by molar-refractivity contribution is 0.281. The van der Waals surface area contributed by atoms with Crippen LogP contribution in [-0.2, 0) is 0 Å². The summed E-state index contributed by atoms with van der Waals surface area (Å²) in [4.78, 5) is 2.43. The van der Waals surface area contributed by atoms with Crippen molar-refractivity contribution in [2.75, 3.05) is 26.7 Å². The van der Waals surface area contributed by atoms with Gasteiger partial charge in [0.15, 0.2) is 0 Å². The van der Waals surface area contributed by atoms with Crippen molar-refractivity contribution in [3.8, 4) is 0 Å². The monoisotopic (exact) mass is 240 g/mol. The first-order chi connectivity index (χ1) is 8.11. The first-order valence-corrected chi connectivity index (χ1v) is 7.11. The molecule has 1 atom stereocenters. The Bertz CT molecular complexity index is 178. The number of allylic oxidation sites excluding steroid dienone is 1. The number of rotatable bonds is 11. The van der Waals surface area contributed by atoms with Gasteiger partial charge in [0.25, 0.3) is 0 Å². The molecule has 0 heterocycles. The van der Waals surface area contributed by atoms with E-state index in [4.69, 9.17) is 5.73 Å². The highest BCUT2D eigenvalue weighted by atomic mass is 15.1. The van der Waals surface area contributed by atoms with Gasteiger partial charge in [0, 0.05) is 0 Å². The molecule has 0 spiro atoms. The second kappa shape index (κ2) is 10.8.